The van der Waals surface area contributed by atoms with E-state index in [1.165, 1.54) is 34.8 Å². The number of carbonyl (C=O) groups excluding carboxylic acids is 6. The minimum atomic E-state index is -1.37. The molecule has 0 aromatic carbocycles. The molecular weight excluding hydrogens is 684 g/mol. The molecule has 0 heterocycles. The van der Waals surface area contributed by atoms with Crippen molar-refractivity contribution in [2.45, 2.75) is 154 Å². The Morgan fingerprint density at radius 3 is 1.52 bits per heavy atom. The molecule has 52 heavy (non-hydrogen) atoms. The second-order valence-corrected chi connectivity index (χ2v) is 14.3. The summed E-state index contributed by atoms with van der Waals surface area (Å²) in [6, 6.07) is 0.126. The molecule has 0 aromatic heterocycles. The molecule has 0 aliphatic heterocycles. The highest BCUT2D eigenvalue weighted by Gasteiger charge is 2.37. The smallest absolute Gasteiger partial charge is 0.407 e. The third kappa shape index (κ3) is 15.6. The topological polar surface area (TPSA) is 200 Å². The normalized spacial score (nSPS) is 23.4. The average Bonchev–Trinajstić information content (AvgIpc) is 3.11. The van der Waals surface area contributed by atoms with Gasteiger partial charge in [-0.1, -0.05) is 0 Å². The van der Waals surface area contributed by atoms with Crippen molar-refractivity contribution < 1.29 is 66.7 Å². The van der Waals surface area contributed by atoms with E-state index in [1.54, 1.807) is 21.0 Å². The van der Waals surface area contributed by atoms with Crippen LogP contribution in [0.3, 0.4) is 0 Å². The van der Waals surface area contributed by atoms with Gasteiger partial charge in [0.2, 0.25) is 6.79 Å². The fourth-order valence-electron chi connectivity index (χ4n) is 6.04. The third-order valence-corrected chi connectivity index (χ3v) is 9.56. The molecule has 298 valence electrons. The molecule has 2 N–H and O–H groups in total. The molecule has 2 saturated carbocycles. The van der Waals surface area contributed by atoms with Crippen molar-refractivity contribution >= 4 is 35.9 Å². The second kappa shape index (κ2) is 21.9. The minimum Gasteiger partial charge on any atom is -0.449 e. The SMILES string of the molecule is COC(C)COC(=O)NC1CCC(CC2CCC(NC(=O)C(C)(C)OC(C)C(=O)OC(C)C(=O)OCOC(=O)C(C)OC(=O)C(C)OC)CC2)CC1. The Bertz CT molecular complexity index is 1180. The monoisotopic (exact) mass is 744 g/mol. The van der Waals surface area contributed by atoms with Gasteiger partial charge in [-0.3, -0.25) is 4.79 Å². The highest BCUT2D eigenvalue weighted by atomic mass is 16.7. The molecule has 0 radical (unpaired) electrons. The summed E-state index contributed by atoms with van der Waals surface area (Å²) in [5, 5.41) is 6.04. The van der Waals surface area contributed by atoms with Gasteiger partial charge in [0.25, 0.3) is 5.91 Å². The van der Waals surface area contributed by atoms with E-state index >= 15 is 0 Å². The van der Waals surface area contributed by atoms with E-state index in [0.29, 0.717) is 11.8 Å². The Labute approximate surface area is 306 Å². The number of hydrogen-bond acceptors (Lipinski definition) is 14. The number of amides is 2. The van der Waals surface area contributed by atoms with Gasteiger partial charge in [0.1, 0.15) is 12.2 Å². The summed E-state index contributed by atoms with van der Waals surface area (Å²) >= 11 is 0. The number of hydrogen-bond donors (Lipinski definition) is 2. The summed E-state index contributed by atoms with van der Waals surface area (Å²) in [6.45, 7) is 9.80. The van der Waals surface area contributed by atoms with Crippen molar-refractivity contribution in [3.63, 3.8) is 0 Å². The van der Waals surface area contributed by atoms with E-state index in [4.69, 9.17) is 37.9 Å². The summed E-state index contributed by atoms with van der Waals surface area (Å²) < 4.78 is 40.6. The second-order valence-electron chi connectivity index (χ2n) is 14.3. The first-order valence-electron chi connectivity index (χ1n) is 18.2. The molecule has 0 spiro atoms. The Kier molecular flexibility index (Phi) is 18.8. The van der Waals surface area contributed by atoms with E-state index in [0.717, 1.165) is 57.8 Å². The molecule has 2 amide bonds. The molecule has 2 rings (SSSR count). The molecule has 16 nitrogen and oxygen atoms in total. The van der Waals surface area contributed by atoms with Gasteiger partial charge in [0.15, 0.2) is 24.4 Å². The van der Waals surface area contributed by atoms with Gasteiger partial charge in [-0.25, -0.2) is 24.0 Å². The summed E-state index contributed by atoms with van der Waals surface area (Å²) in [5.41, 5.74) is -1.37. The summed E-state index contributed by atoms with van der Waals surface area (Å²) in [4.78, 5) is 73.9. The zero-order valence-electron chi connectivity index (χ0n) is 32.2. The van der Waals surface area contributed by atoms with Crippen molar-refractivity contribution in [3.8, 4) is 0 Å². The molecule has 2 fully saturated rings. The molecule has 0 bridgehead atoms. The lowest BCUT2D eigenvalue weighted by atomic mass is 9.75. The molecule has 0 aromatic rings. The van der Waals surface area contributed by atoms with Crippen molar-refractivity contribution in [3.05, 3.63) is 0 Å². The standard InChI is InChI=1S/C36H60N2O14/c1-21(45-8)19-47-35(44)38-29-16-12-27(13-17-29)18-26-10-14-28(15-11-26)37-34(43)36(6,7)52-25(5)33(42)51-24(4)31(40)49-20-48-30(39)23(3)50-32(41)22(2)46-9/h21-29H,10-20H2,1-9H3,(H,37,43)(H,38,44). The van der Waals surface area contributed by atoms with Crippen LogP contribution >= 0.6 is 0 Å². The van der Waals surface area contributed by atoms with Crippen LogP contribution in [0.1, 0.15) is 106 Å². The Balaban J connectivity index is 1.66. The molecule has 2 aliphatic rings. The highest BCUT2D eigenvalue weighted by Crippen LogP contribution is 2.35. The van der Waals surface area contributed by atoms with Gasteiger partial charge >= 0.3 is 30.0 Å². The van der Waals surface area contributed by atoms with Gasteiger partial charge in [-0.05, 0) is 118 Å². The molecule has 5 atom stereocenters. The van der Waals surface area contributed by atoms with Crippen LogP contribution in [0.4, 0.5) is 4.79 Å². The molecule has 16 heteroatoms. The van der Waals surface area contributed by atoms with Crippen molar-refractivity contribution in [2.24, 2.45) is 11.8 Å². The van der Waals surface area contributed by atoms with Crippen LogP contribution in [0, 0.1) is 11.8 Å². The number of esters is 4. The highest BCUT2D eigenvalue weighted by molar-refractivity contribution is 5.86. The zero-order valence-corrected chi connectivity index (χ0v) is 32.2. The van der Waals surface area contributed by atoms with Gasteiger partial charge in [-0.2, -0.15) is 0 Å². The quantitative estimate of drug-likeness (QED) is 0.111. The Morgan fingerprint density at radius 2 is 1.06 bits per heavy atom. The largest absolute Gasteiger partial charge is 0.449 e. The molecule has 0 saturated heterocycles. The van der Waals surface area contributed by atoms with Crippen molar-refractivity contribution in [1.29, 1.82) is 0 Å². The van der Waals surface area contributed by atoms with E-state index < -0.39 is 66.8 Å². The number of carbonyl (C=O) groups is 6. The lowest BCUT2D eigenvalue weighted by molar-refractivity contribution is -0.190. The maximum Gasteiger partial charge on any atom is 0.407 e. The van der Waals surface area contributed by atoms with Crippen LogP contribution in [0.15, 0.2) is 0 Å². The van der Waals surface area contributed by atoms with E-state index in [2.05, 4.69) is 10.6 Å². The summed E-state index contributed by atoms with van der Waals surface area (Å²) in [6.07, 6.45) is 3.59. The van der Waals surface area contributed by atoms with Crippen LogP contribution in [0.2, 0.25) is 0 Å². The van der Waals surface area contributed by atoms with E-state index in [1.807, 2.05) is 6.92 Å². The third-order valence-electron chi connectivity index (χ3n) is 9.56. The van der Waals surface area contributed by atoms with Gasteiger partial charge in [0, 0.05) is 26.3 Å². The van der Waals surface area contributed by atoms with Crippen LogP contribution in [0.5, 0.6) is 0 Å². The van der Waals surface area contributed by atoms with Gasteiger partial charge in [-0.15, -0.1) is 0 Å². The minimum absolute atomic E-state index is 0.00601. The van der Waals surface area contributed by atoms with Gasteiger partial charge < -0.3 is 48.5 Å². The predicted molar refractivity (Wildman–Crippen MR) is 184 cm³/mol. The summed E-state index contributed by atoms with van der Waals surface area (Å²) in [7, 11) is 2.89. The number of methoxy groups -OCH3 is 2. The number of ether oxygens (including phenoxy) is 8. The van der Waals surface area contributed by atoms with Crippen LogP contribution in [-0.4, -0.2) is 112 Å². The molecular formula is C36H60N2O14. The van der Waals surface area contributed by atoms with Crippen LogP contribution in [0.25, 0.3) is 0 Å². The summed E-state index contributed by atoms with van der Waals surface area (Å²) in [5.74, 6) is -2.76. The van der Waals surface area contributed by atoms with Crippen molar-refractivity contribution in [2.75, 3.05) is 27.6 Å². The maximum absolute atomic E-state index is 13.2. The first-order chi connectivity index (χ1) is 24.4. The molecule has 2 aliphatic carbocycles. The number of alkyl carbamates (subject to hydrolysis) is 1. The lowest BCUT2D eigenvalue weighted by Gasteiger charge is -2.35. The lowest BCUT2D eigenvalue weighted by Crippen LogP contribution is -2.51. The zero-order chi connectivity index (χ0) is 39.0. The average molecular weight is 745 g/mol. The van der Waals surface area contributed by atoms with Crippen molar-refractivity contribution in [1.82, 2.24) is 10.6 Å². The predicted octanol–water partition coefficient (Wildman–Crippen LogP) is 3.50. The van der Waals surface area contributed by atoms with E-state index in [9.17, 15) is 28.8 Å². The molecule has 5 unspecified atom stereocenters. The number of rotatable bonds is 19. The number of nitrogens with one attached hydrogen (secondary N) is 2. The van der Waals surface area contributed by atoms with Crippen LogP contribution in [-0.2, 0) is 61.9 Å². The Hall–Kier alpha value is -3.50. The first kappa shape index (κ1) is 44.7. The van der Waals surface area contributed by atoms with E-state index in [-0.39, 0.29) is 30.7 Å². The first-order valence-corrected chi connectivity index (χ1v) is 18.2. The Morgan fingerprint density at radius 1 is 0.596 bits per heavy atom. The maximum atomic E-state index is 13.2. The van der Waals surface area contributed by atoms with Gasteiger partial charge in [0.05, 0.1) is 6.10 Å². The fraction of sp³-hybridized carbons (Fsp3) is 0.833. The fourth-order valence-corrected chi connectivity index (χ4v) is 6.04. The van der Waals surface area contributed by atoms with Crippen LogP contribution < -0.4 is 10.6 Å².